The average molecular weight is 235 g/mol. The van der Waals surface area contributed by atoms with E-state index in [9.17, 15) is 4.79 Å². The highest BCUT2D eigenvalue weighted by Gasteiger charge is 2.24. The molecule has 0 saturated heterocycles. The first kappa shape index (κ1) is 12.2. The molecule has 4 heteroatoms. The third-order valence-electron chi connectivity index (χ3n) is 3.43. The molecule has 0 fully saturated rings. The van der Waals surface area contributed by atoms with E-state index in [-0.39, 0.29) is 11.9 Å². The summed E-state index contributed by atoms with van der Waals surface area (Å²) in [6, 6.07) is 4.56. The Morgan fingerprint density at radius 1 is 1.41 bits per heavy atom. The topological polar surface area (TPSA) is 37.3 Å². The smallest absolute Gasteiger partial charge is 0.268 e. The van der Waals surface area contributed by atoms with E-state index < -0.39 is 0 Å². The molecule has 0 saturated carbocycles. The van der Waals surface area contributed by atoms with Crippen LogP contribution in [0.3, 0.4) is 0 Å². The molecule has 0 radical (unpaired) electrons. The van der Waals surface area contributed by atoms with Gasteiger partial charge in [0, 0.05) is 30.9 Å². The molecule has 0 bridgehead atoms. The first-order chi connectivity index (χ1) is 8.00. The molecule has 17 heavy (non-hydrogen) atoms. The number of likely N-dealkylation sites (N-methyl/N-ethyl adjacent to an activating group) is 1. The first-order valence-corrected chi connectivity index (χ1v) is 6.21. The van der Waals surface area contributed by atoms with Gasteiger partial charge >= 0.3 is 0 Å². The SMILES string of the molecule is CC(C)NC(=O)c1ccc2n1CCN(C)C2C. The molecule has 94 valence electrons. The minimum atomic E-state index is 0.0306. The van der Waals surface area contributed by atoms with E-state index in [1.165, 1.54) is 5.69 Å². The van der Waals surface area contributed by atoms with Crippen LogP contribution in [0.15, 0.2) is 12.1 Å². The molecular weight excluding hydrogens is 214 g/mol. The number of hydrogen-bond donors (Lipinski definition) is 1. The van der Waals surface area contributed by atoms with E-state index in [0.717, 1.165) is 18.8 Å². The Hall–Kier alpha value is -1.29. The maximum atomic E-state index is 12.0. The summed E-state index contributed by atoms with van der Waals surface area (Å²) in [4.78, 5) is 14.3. The Kier molecular flexibility index (Phi) is 3.24. The summed E-state index contributed by atoms with van der Waals surface area (Å²) in [5, 5.41) is 2.95. The minimum absolute atomic E-state index is 0.0306. The fraction of sp³-hybridized carbons (Fsp3) is 0.615. The molecule has 4 nitrogen and oxygen atoms in total. The van der Waals surface area contributed by atoms with Crippen molar-refractivity contribution in [3.8, 4) is 0 Å². The molecule has 0 aliphatic carbocycles. The van der Waals surface area contributed by atoms with Gasteiger partial charge in [-0.2, -0.15) is 0 Å². The van der Waals surface area contributed by atoms with E-state index in [4.69, 9.17) is 0 Å². The number of rotatable bonds is 2. The third-order valence-corrected chi connectivity index (χ3v) is 3.43. The Labute approximate surface area is 103 Å². The lowest BCUT2D eigenvalue weighted by molar-refractivity contribution is 0.0928. The van der Waals surface area contributed by atoms with Crippen molar-refractivity contribution in [2.24, 2.45) is 0 Å². The van der Waals surface area contributed by atoms with Gasteiger partial charge < -0.3 is 9.88 Å². The van der Waals surface area contributed by atoms with Crippen LogP contribution in [-0.2, 0) is 6.54 Å². The van der Waals surface area contributed by atoms with Gasteiger partial charge in [0.05, 0.1) is 0 Å². The quantitative estimate of drug-likeness (QED) is 0.846. The van der Waals surface area contributed by atoms with Crippen molar-refractivity contribution >= 4 is 5.91 Å². The molecule has 2 rings (SSSR count). The number of nitrogens with one attached hydrogen (secondary N) is 1. The molecule has 1 amide bonds. The monoisotopic (exact) mass is 235 g/mol. The normalized spacial score (nSPS) is 20.4. The zero-order valence-electron chi connectivity index (χ0n) is 11.0. The molecule has 1 atom stereocenters. The van der Waals surface area contributed by atoms with Crippen LogP contribution in [0, 0.1) is 0 Å². The van der Waals surface area contributed by atoms with Crippen LogP contribution in [0.4, 0.5) is 0 Å². The van der Waals surface area contributed by atoms with Crippen LogP contribution in [0.1, 0.15) is 43.0 Å². The second-order valence-electron chi connectivity index (χ2n) is 5.08. The molecule has 1 aliphatic rings. The van der Waals surface area contributed by atoms with Gasteiger partial charge in [-0.1, -0.05) is 0 Å². The van der Waals surface area contributed by atoms with Crippen LogP contribution in [-0.4, -0.2) is 35.0 Å². The van der Waals surface area contributed by atoms with Gasteiger partial charge in [0.1, 0.15) is 5.69 Å². The predicted molar refractivity (Wildman–Crippen MR) is 68.1 cm³/mol. The highest BCUT2D eigenvalue weighted by molar-refractivity contribution is 5.93. The zero-order chi connectivity index (χ0) is 12.6. The standard InChI is InChI=1S/C13H21N3O/c1-9(2)14-13(17)12-6-5-11-10(3)15(4)7-8-16(11)12/h5-6,9-10H,7-8H2,1-4H3,(H,14,17). The minimum Gasteiger partial charge on any atom is -0.349 e. The van der Waals surface area contributed by atoms with E-state index >= 15 is 0 Å². The second kappa shape index (κ2) is 4.53. The van der Waals surface area contributed by atoms with Crippen molar-refractivity contribution in [1.82, 2.24) is 14.8 Å². The molecular formula is C13H21N3O. The summed E-state index contributed by atoms with van der Waals surface area (Å²) < 4.78 is 2.14. The summed E-state index contributed by atoms with van der Waals surface area (Å²) in [6.07, 6.45) is 0. The molecule has 2 heterocycles. The van der Waals surface area contributed by atoms with Crippen LogP contribution >= 0.6 is 0 Å². The molecule has 0 aromatic carbocycles. The summed E-state index contributed by atoms with van der Waals surface area (Å²) in [7, 11) is 2.12. The molecule has 1 aliphatic heterocycles. The Morgan fingerprint density at radius 2 is 2.12 bits per heavy atom. The van der Waals surface area contributed by atoms with Crippen molar-refractivity contribution < 1.29 is 4.79 Å². The van der Waals surface area contributed by atoms with Gasteiger partial charge in [-0.25, -0.2) is 0 Å². The van der Waals surface area contributed by atoms with Gasteiger partial charge in [0.15, 0.2) is 0 Å². The van der Waals surface area contributed by atoms with Gasteiger partial charge in [0.25, 0.3) is 5.91 Å². The first-order valence-electron chi connectivity index (χ1n) is 6.21. The Balaban J connectivity index is 2.27. The van der Waals surface area contributed by atoms with Crippen LogP contribution in [0.2, 0.25) is 0 Å². The second-order valence-corrected chi connectivity index (χ2v) is 5.08. The van der Waals surface area contributed by atoms with Crippen LogP contribution in [0.5, 0.6) is 0 Å². The number of carbonyl (C=O) groups excluding carboxylic acids is 1. The Bertz CT molecular complexity index is 422. The number of hydrogen-bond acceptors (Lipinski definition) is 2. The summed E-state index contributed by atoms with van der Waals surface area (Å²) in [6.45, 7) is 8.02. The average Bonchev–Trinajstić information content (AvgIpc) is 2.67. The summed E-state index contributed by atoms with van der Waals surface area (Å²) >= 11 is 0. The van der Waals surface area contributed by atoms with E-state index in [1.807, 2.05) is 19.9 Å². The van der Waals surface area contributed by atoms with Gasteiger partial charge in [-0.05, 0) is 40.0 Å². The lowest BCUT2D eigenvalue weighted by Crippen LogP contribution is -2.37. The van der Waals surface area contributed by atoms with Crippen LogP contribution < -0.4 is 5.32 Å². The maximum absolute atomic E-state index is 12.0. The largest absolute Gasteiger partial charge is 0.349 e. The molecule has 1 aromatic heterocycles. The van der Waals surface area contributed by atoms with Crippen molar-refractivity contribution in [2.75, 3.05) is 13.6 Å². The molecule has 1 unspecified atom stereocenters. The van der Waals surface area contributed by atoms with Crippen molar-refractivity contribution in [3.05, 3.63) is 23.5 Å². The lowest BCUT2D eigenvalue weighted by Gasteiger charge is -2.32. The fourth-order valence-electron chi connectivity index (χ4n) is 2.31. The van der Waals surface area contributed by atoms with E-state index in [1.54, 1.807) is 0 Å². The predicted octanol–water partition coefficient (Wildman–Crippen LogP) is 1.63. The highest BCUT2D eigenvalue weighted by Crippen LogP contribution is 2.25. The Morgan fingerprint density at radius 3 is 2.76 bits per heavy atom. The van der Waals surface area contributed by atoms with Gasteiger partial charge in [0.2, 0.25) is 0 Å². The number of aromatic nitrogens is 1. The number of fused-ring (bicyclic) bond motifs is 1. The van der Waals surface area contributed by atoms with Crippen molar-refractivity contribution in [1.29, 1.82) is 0 Å². The number of amides is 1. The maximum Gasteiger partial charge on any atom is 0.268 e. The number of carbonyl (C=O) groups is 1. The third kappa shape index (κ3) is 2.22. The van der Waals surface area contributed by atoms with Crippen LogP contribution in [0.25, 0.3) is 0 Å². The fourth-order valence-corrected chi connectivity index (χ4v) is 2.31. The lowest BCUT2D eigenvalue weighted by atomic mass is 10.2. The molecule has 0 spiro atoms. The molecule has 1 N–H and O–H groups in total. The zero-order valence-corrected chi connectivity index (χ0v) is 11.0. The summed E-state index contributed by atoms with van der Waals surface area (Å²) in [5.41, 5.74) is 2.02. The molecule has 1 aromatic rings. The number of nitrogens with zero attached hydrogens (tertiary/aromatic N) is 2. The summed E-state index contributed by atoms with van der Waals surface area (Å²) in [5.74, 6) is 0.0306. The van der Waals surface area contributed by atoms with Crippen molar-refractivity contribution in [3.63, 3.8) is 0 Å². The van der Waals surface area contributed by atoms with Gasteiger partial charge in [-0.3, -0.25) is 9.69 Å². The van der Waals surface area contributed by atoms with E-state index in [0.29, 0.717) is 6.04 Å². The highest BCUT2D eigenvalue weighted by atomic mass is 16.2. The van der Waals surface area contributed by atoms with Crippen molar-refractivity contribution in [2.45, 2.75) is 39.4 Å². The van der Waals surface area contributed by atoms with Gasteiger partial charge in [-0.15, -0.1) is 0 Å². The van der Waals surface area contributed by atoms with E-state index in [2.05, 4.69) is 34.8 Å².